The number of benzene rings is 1. The molecule has 0 aromatic heterocycles. The first-order chi connectivity index (χ1) is 7.31. The van der Waals surface area contributed by atoms with Crippen molar-refractivity contribution in [2.24, 2.45) is 4.99 Å². The first-order valence-corrected chi connectivity index (χ1v) is 5.14. The van der Waals surface area contributed by atoms with Gasteiger partial charge in [-0.1, -0.05) is 18.2 Å². The van der Waals surface area contributed by atoms with Gasteiger partial charge in [-0.3, -0.25) is 4.99 Å². The van der Waals surface area contributed by atoms with E-state index in [1.165, 1.54) is 5.56 Å². The number of para-hydroxylation sites is 1. The van der Waals surface area contributed by atoms with E-state index < -0.39 is 0 Å². The molecule has 0 saturated carbocycles. The molecule has 1 aromatic rings. The minimum Gasteiger partial charge on any atom is -0.496 e. The lowest BCUT2D eigenvalue weighted by molar-refractivity contribution is 0.390. The molecular formula is C12H16N2O. The third-order valence-electron chi connectivity index (χ3n) is 2.69. The molecule has 1 aliphatic rings. The van der Waals surface area contributed by atoms with Crippen LogP contribution in [0, 0.1) is 0 Å². The number of aliphatic imine (C=N–C) groups is 1. The van der Waals surface area contributed by atoms with Crippen LogP contribution in [0.2, 0.25) is 0 Å². The lowest BCUT2D eigenvalue weighted by atomic mass is 9.97. The minimum atomic E-state index is 0.441. The molecule has 3 heteroatoms. The zero-order chi connectivity index (χ0) is 10.7. The predicted octanol–water partition coefficient (Wildman–Crippen LogP) is 1.75. The Morgan fingerprint density at radius 3 is 2.93 bits per heavy atom. The van der Waals surface area contributed by atoms with Crippen molar-refractivity contribution in [2.45, 2.75) is 5.92 Å². The van der Waals surface area contributed by atoms with Crippen LogP contribution in [0.25, 0.3) is 0 Å². The smallest absolute Gasteiger partial charge is 0.122 e. The highest BCUT2D eigenvalue weighted by Gasteiger charge is 2.18. The summed E-state index contributed by atoms with van der Waals surface area (Å²) in [6.45, 7) is 1.86. The van der Waals surface area contributed by atoms with Crippen LogP contribution in [0.15, 0.2) is 29.3 Å². The van der Waals surface area contributed by atoms with Gasteiger partial charge in [0.1, 0.15) is 5.75 Å². The van der Waals surface area contributed by atoms with Crippen LogP contribution in [-0.2, 0) is 0 Å². The summed E-state index contributed by atoms with van der Waals surface area (Å²) in [6.07, 6.45) is 1.89. The van der Waals surface area contributed by atoms with E-state index in [0.717, 1.165) is 18.8 Å². The highest BCUT2D eigenvalue weighted by Crippen LogP contribution is 2.28. The maximum Gasteiger partial charge on any atom is 0.122 e. The topological polar surface area (TPSA) is 24.8 Å². The van der Waals surface area contributed by atoms with Gasteiger partial charge in [0.05, 0.1) is 13.4 Å². The van der Waals surface area contributed by atoms with E-state index in [2.05, 4.69) is 22.0 Å². The summed E-state index contributed by atoms with van der Waals surface area (Å²) < 4.78 is 5.36. The van der Waals surface area contributed by atoms with Crippen LogP contribution in [-0.4, -0.2) is 38.5 Å². The van der Waals surface area contributed by atoms with Crippen molar-refractivity contribution in [1.82, 2.24) is 4.90 Å². The molecule has 1 heterocycles. The zero-order valence-electron chi connectivity index (χ0n) is 9.18. The molecule has 3 nitrogen and oxygen atoms in total. The maximum absolute atomic E-state index is 5.36. The van der Waals surface area contributed by atoms with Gasteiger partial charge in [0.25, 0.3) is 0 Å². The summed E-state index contributed by atoms with van der Waals surface area (Å²) >= 11 is 0. The van der Waals surface area contributed by atoms with Gasteiger partial charge in [-0.25, -0.2) is 0 Å². The number of hydrogen-bond donors (Lipinski definition) is 0. The highest BCUT2D eigenvalue weighted by atomic mass is 16.5. The Bertz CT molecular complexity index is 362. The number of methoxy groups -OCH3 is 1. The van der Waals surface area contributed by atoms with E-state index in [1.807, 2.05) is 25.5 Å². The van der Waals surface area contributed by atoms with E-state index in [9.17, 15) is 0 Å². The molecular weight excluding hydrogens is 188 g/mol. The normalized spacial score (nSPS) is 20.4. The van der Waals surface area contributed by atoms with Crippen molar-refractivity contribution in [3.63, 3.8) is 0 Å². The molecule has 1 unspecified atom stereocenters. The molecule has 0 amide bonds. The summed E-state index contributed by atoms with van der Waals surface area (Å²) in [5.74, 6) is 1.41. The van der Waals surface area contributed by atoms with Gasteiger partial charge in [-0.15, -0.1) is 0 Å². The number of nitrogens with zero attached hydrogens (tertiary/aromatic N) is 2. The number of hydrogen-bond acceptors (Lipinski definition) is 3. The predicted molar refractivity (Wildman–Crippen MR) is 61.7 cm³/mol. The third kappa shape index (κ3) is 2.12. The van der Waals surface area contributed by atoms with Crippen molar-refractivity contribution < 1.29 is 4.74 Å². The van der Waals surface area contributed by atoms with Crippen molar-refractivity contribution >= 4 is 6.34 Å². The average Bonchev–Trinajstić information content (AvgIpc) is 2.29. The minimum absolute atomic E-state index is 0.441. The van der Waals surface area contributed by atoms with Crippen LogP contribution >= 0.6 is 0 Å². The summed E-state index contributed by atoms with van der Waals surface area (Å²) in [4.78, 5) is 6.45. The maximum atomic E-state index is 5.36. The monoisotopic (exact) mass is 204 g/mol. The third-order valence-corrected chi connectivity index (χ3v) is 2.69. The number of rotatable bonds is 2. The number of likely N-dealkylation sites (N-methyl/N-ethyl adjacent to an activating group) is 1. The molecule has 0 radical (unpaired) electrons. The standard InChI is InChI=1S/C12H16N2O/c1-14-8-10(7-13-9-14)11-5-3-4-6-12(11)15-2/h3-6,9-10H,7-8H2,1-2H3. The second kappa shape index (κ2) is 4.34. The lowest BCUT2D eigenvalue weighted by Gasteiger charge is -2.26. The molecule has 0 saturated heterocycles. The molecule has 1 aliphatic heterocycles. The molecule has 0 N–H and O–H groups in total. The first kappa shape index (κ1) is 10.0. The van der Waals surface area contributed by atoms with Gasteiger partial charge in [0.2, 0.25) is 0 Å². The van der Waals surface area contributed by atoms with Crippen LogP contribution < -0.4 is 4.74 Å². The Labute approximate surface area is 90.4 Å². The van der Waals surface area contributed by atoms with Crippen LogP contribution in [0.3, 0.4) is 0 Å². The molecule has 1 atom stereocenters. The van der Waals surface area contributed by atoms with Crippen LogP contribution in [0.5, 0.6) is 5.75 Å². The molecule has 2 rings (SSSR count). The first-order valence-electron chi connectivity index (χ1n) is 5.14. The van der Waals surface area contributed by atoms with E-state index in [0.29, 0.717) is 5.92 Å². The Morgan fingerprint density at radius 2 is 2.20 bits per heavy atom. The molecule has 0 bridgehead atoms. The second-order valence-corrected chi connectivity index (χ2v) is 3.86. The van der Waals surface area contributed by atoms with Gasteiger partial charge >= 0.3 is 0 Å². The van der Waals surface area contributed by atoms with Crippen molar-refractivity contribution in [3.8, 4) is 5.75 Å². The largest absolute Gasteiger partial charge is 0.496 e. The summed E-state index contributed by atoms with van der Waals surface area (Å²) in [6, 6.07) is 8.18. The van der Waals surface area contributed by atoms with E-state index in [-0.39, 0.29) is 0 Å². The van der Waals surface area contributed by atoms with Crippen LogP contribution in [0.4, 0.5) is 0 Å². The summed E-state index contributed by atoms with van der Waals surface area (Å²) in [5, 5.41) is 0. The molecule has 0 fully saturated rings. The highest BCUT2D eigenvalue weighted by molar-refractivity contribution is 5.56. The average molecular weight is 204 g/mol. The Morgan fingerprint density at radius 1 is 1.40 bits per heavy atom. The number of ether oxygens (including phenoxy) is 1. The Kier molecular flexibility index (Phi) is 2.90. The molecule has 0 aliphatic carbocycles. The fourth-order valence-corrected chi connectivity index (χ4v) is 1.97. The zero-order valence-corrected chi connectivity index (χ0v) is 9.18. The van der Waals surface area contributed by atoms with Crippen LogP contribution in [0.1, 0.15) is 11.5 Å². The molecule has 15 heavy (non-hydrogen) atoms. The van der Waals surface area contributed by atoms with Crippen molar-refractivity contribution in [1.29, 1.82) is 0 Å². The van der Waals surface area contributed by atoms with Crippen molar-refractivity contribution in [3.05, 3.63) is 29.8 Å². The fraction of sp³-hybridized carbons (Fsp3) is 0.417. The lowest BCUT2D eigenvalue weighted by Crippen LogP contribution is -2.29. The summed E-state index contributed by atoms with van der Waals surface area (Å²) in [7, 11) is 3.76. The van der Waals surface area contributed by atoms with Gasteiger partial charge in [0.15, 0.2) is 0 Å². The second-order valence-electron chi connectivity index (χ2n) is 3.86. The summed E-state index contributed by atoms with van der Waals surface area (Å²) in [5.41, 5.74) is 1.25. The molecule has 0 spiro atoms. The van der Waals surface area contributed by atoms with Gasteiger partial charge in [0, 0.05) is 31.6 Å². The Balaban J connectivity index is 2.25. The molecule has 80 valence electrons. The van der Waals surface area contributed by atoms with Crippen molar-refractivity contribution in [2.75, 3.05) is 27.2 Å². The molecule has 1 aromatic carbocycles. The van der Waals surface area contributed by atoms with E-state index >= 15 is 0 Å². The SMILES string of the molecule is COc1ccccc1C1CN=CN(C)C1. The van der Waals surface area contributed by atoms with E-state index in [1.54, 1.807) is 7.11 Å². The van der Waals surface area contributed by atoms with Gasteiger partial charge < -0.3 is 9.64 Å². The van der Waals surface area contributed by atoms with Gasteiger partial charge in [-0.2, -0.15) is 0 Å². The quantitative estimate of drug-likeness (QED) is 0.733. The van der Waals surface area contributed by atoms with Gasteiger partial charge in [-0.05, 0) is 6.07 Å². The fourth-order valence-electron chi connectivity index (χ4n) is 1.97. The Hall–Kier alpha value is -1.51. The van der Waals surface area contributed by atoms with E-state index in [4.69, 9.17) is 4.74 Å².